The summed E-state index contributed by atoms with van der Waals surface area (Å²) in [5.74, 6) is 0.257. The summed E-state index contributed by atoms with van der Waals surface area (Å²) in [6, 6.07) is 13.5. The first-order valence-corrected chi connectivity index (χ1v) is 9.63. The first kappa shape index (κ1) is 20.0. The Morgan fingerprint density at radius 3 is 2.71 bits per heavy atom. The zero-order valence-electron chi connectivity index (χ0n) is 16.0. The highest BCUT2D eigenvalue weighted by molar-refractivity contribution is 5.96. The Hall–Kier alpha value is -2.73. The summed E-state index contributed by atoms with van der Waals surface area (Å²) in [4.78, 5) is 23.6. The van der Waals surface area contributed by atoms with E-state index >= 15 is 0 Å². The monoisotopic (exact) mass is 383 g/mol. The lowest BCUT2D eigenvalue weighted by Crippen LogP contribution is -2.47. The van der Waals surface area contributed by atoms with Crippen molar-refractivity contribution in [3.8, 4) is 0 Å². The van der Waals surface area contributed by atoms with E-state index in [1.54, 1.807) is 24.3 Å². The molecule has 1 heterocycles. The van der Waals surface area contributed by atoms with Gasteiger partial charge in [-0.3, -0.25) is 4.79 Å². The van der Waals surface area contributed by atoms with E-state index in [0.717, 1.165) is 31.4 Å². The minimum absolute atomic E-state index is 0.0392. The molecule has 2 amide bonds. The maximum atomic E-state index is 13.0. The number of Topliss-reactive ketones (excluding diaryl/α,β-unsaturated/α-hetero) is 1. The van der Waals surface area contributed by atoms with Gasteiger partial charge in [0.15, 0.2) is 5.78 Å². The molecule has 0 radical (unpaired) electrons. The molecular weight excluding hydrogens is 357 g/mol. The van der Waals surface area contributed by atoms with Crippen LogP contribution in [0.3, 0.4) is 0 Å². The standard InChI is InChI=1S/C22H26FN3O2/c1-15(27)18-3-2-4-20(13-18)26-22(28)25-14-21-12-17(9-10-24-21)11-16-5-7-19(23)8-6-16/h2-8,13,17,21,24H,9-12,14H2,1H3,(H2,25,26,28)/t17-,21+/m1/s1. The Kier molecular flexibility index (Phi) is 6.76. The molecule has 2 atom stereocenters. The summed E-state index contributed by atoms with van der Waals surface area (Å²) in [6.07, 6.45) is 2.94. The molecule has 0 saturated carbocycles. The van der Waals surface area contributed by atoms with Crippen molar-refractivity contribution in [2.45, 2.75) is 32.2 Å². The van der Waals surface area contributed by atoms with Crippen molar-refractivity contribution in [1.29, 1.82) is 0 Å². The molecule has 2 aromatic carbocycles. The summed E-state index contributed by atoms with van der Waals surface area (Å²) in [7, 11) is 0. The number of hydrogen-bond acceptors (Lipinski definition) is 3. The SMILES string of the molecule is CC(=O)c1cccc(NC(=O)NC[C@@H]2C[C@@H](Cc3ccc(F)cc3)CCN2)c1. The summed E-state index contributed by atoms with van der Waals surface area (Å²) in [6.45, 7) is 2.93. The Balaban J connectivity index is 1.46. The third kappa shape index (κ3) is 5.89. The van der Waals surface area contributed by atoms with Crippen molar-refractivity contribution in [3.63, 3.8) is 0 Å². The molecule has 0 aliphatic carbocycles. The van der Waals surface area contributed by atoms with Crippen molar-refractivity contribution in [1.82, 2.24) is 10.6 Å². The number of piperidine rings is 1. The maximum Gasteiger partial charge on any atom is 0.319 e. The number of carbonyl (C=O) groups excluding carboxylic acids is 2. The van der Waals surface area contributed by atoms with Crippen molar-refractivity contribution >= 4 is 17.5 Å². The molecule has 0 spiro atoms. The second-order valence-corrected chi connectivity index (χ2v) is 7.34. The molecule has 1 fully saturated rings. The van der Waals surface area contributed by atoms with Gasteiger partial charge in [0.1, 0.15) is 5.82 Å². The van der Waals surface area contributed by atoms with Crippen molar-refractivity contribution < 1.29 is 14.0 Å². The molecule has 6 heteroatoms. The maximum absolute atomic E-state index is 13.0. The van der Waals surface area contributed by atoms with Crippen molar-refractivity contribution in [2.24, 2.45) is 5.92 Å². The van der Waals surface area contributed by atoms with Gasteiger partial charge in [0, 0.05) is 23.8 Å². The van der Waals surface area contributed by atoms with Crippen LogP contribution in [0, 0.1) is 11.7 Å². The van der Waals surface area contributed by atoms with Gasteiger partial charge in [-0.25, -0.2) is 9.18 Å². The van der Waals surface area contributed by atoms with Gasteiger partial charge in [0.2, 0.25) is 0 Å². The first-order valence-electron chi connectivity index (χ1n) is 9.63. The van der Waals surface area contributed by atoms with Crippen LogP contribution in [0.2, 0.25) is 0 Å². The number of amides is 2. The molecule has 1 saturated heterocycles. The average Bonchev–Trinajstić information content (AvgIpc) is 2.69. The third-order valence-electron chi connectivity index (χ3n) is 5.08. The normalized spacial score (nSPS) is 19.1. The van der Waals surface area contributed by atoms with Gasteiger partial charge in [-0.1, -0.05) is 24.3 Å². The number of rotatable bonds is 6. The quantitative estimate of drug-likeness (QED) is 0.665. The summed E-state index contributed by atoms with van der Waals surface area (Å²) >= 11 is 0. The highest BCUT2D eigenvalue weighted by Gasteiger charge is 2.22. The zero-order valence-corrected chi connectivity index (χ0v) is 16.0. The van der Waals surface area contributed by atoms with Crippen LogP contribution in [0.1, 0.15) is 35.7 Å². The van der Waals surface area contributed by atoms with Crippen LogP contribution in [0.4, 0.5) is 14.9 Å². The molecule has 1 aliphatic rings. The van der Waals surface area contributed by atoms with E-state index in [4.69, 9.17) is 0 Å². The van der Waals surface area contributed by atoms with Gasteiger partial charge in [-0.15, -0.1) is 0 Å². The van der Waals surface area contributed by atoms with Crippen molar-refractivity contribution in [2.75, 3.05) is 18.4 Å². The van der Waals surface area contributed by atoms with Crippen LogP contribution in [0.5, 0.6) is 0 Å². The first-order chi connectivity index (χ1) is 13.5. The van der Waals surface area contributed by atoms with E-state index in [-0.39, 0.29) is 23.7 Å². The van der Waals surface area contributed by atoms with E-state index in [1.165, 1.54) is 19.1 Å². The molecule has 3 rings (SSSR count). The Morgan fingerprint density at radius 2 is 1.96 bits per heavy atom. The van der Waals surface area contributed by atoms with Gasteiger partial charge in [-0.2, -0.15) is 0 Å². The van der Waals surface area contributed by atoms with E-state index in [9.17, 15) is 14.0 Å². The molecule has 1 aliphatic heterocycles. The van der Waals surface area contributed by atoms with Crippen LogP contribution >= 0.6 is 0 Å². The minimum Gasteiger partial charge on any atom is -0.336 e. The van der Waals surface area contributed by atoms with Gasteiger partial charge in [-0.05, 0) is 68.5 Å². The molecule has 148 valence electrons. The second kappa shape index (κ2) is 9.46. The number of nitrogens with one attached hydrogen (secondary N) is 3. The van der Waals surface area contributed by atoms with Crippen LogP contribution in [-0.2, 0) is 6.42 Å². The smallest absolute Gasteiger partial charge is 0.319 e. The highest BCUT2D eigenvalue weighted by atomic mass is 19.1. The fraction of sp³-hybridized carbons (Fsp3) is 0.364. The second-order valence-electron chi connectivity index (χ2n) is 7.34. The fourth-order valence-corrected chi connectivity index (χ4v) is 3.60. The number of hydrogen-bond donors (Lipinski definition) is 3. The number of halogens is 1. The van der Waals surface area contributed by atoms with Gasteiger partial charge < -0.3 is 16.0 Å². The lowest BCUT2D eigenvalue weighted by Gasteiger charge is -2.30. The number of benzene rings is 2. The predicted molar refractivity (Wildman–Crippen MR) is 108 cm³/mol. The predicted octanol–water partition coefficient (Wildman–Crippen LogP) is 3.76. The lowest BCUT2D eigenvalue weighted by atomic mass is 9.87. The van der Waals surface area contributed by atoms with E-state index in [1.807, 2.05) is 12.1 Å². The minimum atomic E-state index is -0.289. The number of urea groups is 1. The molecule has 0 aromatic heterocycles. The molecule has 5 nitrogen and oxygen atoms in total. The summed E-state index contributed by atoms with van der Waals surface area (Å²) in [5, 5.41) is 9.10. The lowest BCUT2D eigenvalue weighted by molar-refractivity contribution is 0.101. The van der Waals surface area contributed by atoms with Gasteiger partial charge in [0.05, 0.1) is 0 Å². The van der Waals surface area contributed by atoms with Gasteiger partial charge in [0.25, 0.3) is 0 Å². The van der Waals surface area contributed by atoms with E-state index < -0.39 is 0 Å². The third-order valence-corrected chi connectivity index (χ3v) is 5.08. The Bertz CT molecular complexity index is 823. The Labute approximate surface area is 164 Å². The largest absolute Gasteiger partial charge is 0.336 e. The van der Waals surface area contributed by atoms with Gasteiger partial charge >= 0.3 is 6.03 Å². The number of carbonyl (C=O) groups is 2. The van der Waals surface area contributed by atoms with E-state index in [0.29, 0.717) is 23.7 Å². The molecule has 2 aromatic rings. The molecule has 3 N–H and O–H groups in total. The van der Waals surface area contributed by atoms with Crippen LogP contribution in [-0.4, -0.2) is 30.9 Å². The zero-order chi connectivity index (χ0) is 19.9. The van der Waals surface area contributed by atoms with Crippen LogP contribution in [0.15, 0.2) is 48.5 Å². The highest BCUT2D eigenvalue weighted by Crippen LogP contribution is 2.21. The number of anilines is 1. The summed E-state index contributed by atoms with van der Waals surface area (Å²) in [5.41, 5.74) is 2.30. The molecular formula is C22H26FN3O2. The average molecular weight is 383 g/mol. The van der Waals surface area contributed by atoms with Crippen molar-refractivity contribution in [3.05, 3.63) is 65.5 Å². The molecule has 0 unspecified atom stereocenters. The fourth-order valence-electron chi connectivity index (χ4n) is 3.60. The topological polar surface area (TPSA) is 70.2 Å². The molecule has 0 bridgehead atoms. The summed E-state index contributed by atoms with van der Waals surface area (Å²) < 4.78 is 13.0. The van der Waals surface area contributed by atoms with Crippen LogP contribution < -0.4 is 16.0 Å². The number of ketones is 1. The molecule has 28 heavy (non-hydrogen) atoms. The Morgan fingerprint density at radius 1 is 1.18 bits per heavy atom. The van der Waals surface area contributed by atoms with Crippen LogP contribution in [0.25, 0.3) is 0 Å². The van der Waals surface area contributed by atoms with E-state index in [2.05, 4.69) is 16.0 Å².